The Hall–Kier alpha value is -3.35. The first-order valence-electron chi connectivity index (χ1n) is 12.0. The molecule has 1 aromatic heterocycles. The minimum Gasteiger partial charge on any atom is -0.494 e. The van der Waals surface area contributed by atoms with Gasteiger partial charge in [-0.25, -0.2) is 9.78 Å². The second kappa shape index (κ2) is 10.5. The van der Waals surface area contributed by atoms with Gasteiger partial charge in [0.1, 0.15) is 11.6 Å². The molecular formula is C28H28ClN3O3. The lowest BCUT2D eigenvalue weighted by Gasteiger charge is -2.35. The number of aromatic carboxylic acids is 1. The number of fused-ring (bicyclic) bond motifs is 1. The summed E-state index contributed by atoms with van der Waals surface area (Å²) >= 11 is 6.03. The number of aromatic amines is 1. The molecule has 0 saturated carbocycles. The van der Waals surface area contributed by atoms with Crippen molar-refractivity contribution in [3.05, 3.63) is 82.9 Å². The molecule has 1 aliphatic rings. The van der Waals surface area contributed by atoms with Crippen molar-refractivity contribution in [1.29, 1.82) is 0 Å². The van der Waals surface area contributed by atoms with E-state index >= 15 is 0 Å². The third-order valence-electron chi connectivity index (χ3n) is 6.62. The van der Waals surface area contributed by atoms with Crippen LogP contribution in [0.25, 0.3) is 22.4 Å². The molecule has 0 bridgehead atoms. The number of H-pyrrole nitrogens is 1. The van der Waals surface area contributed by atoms with E-state index in [1.54, 1.807) is 18.2 Å². The molecule has 6 nitrogen and oxygen atoms in total. The molecule has 180 valence electrons. The molecule has 1 atom stereocenters. The zero-order valence-corrected chi connectivity index (χ0v) is 20.2. The average molecular weight is 490 g/mol. The Bertz CT molecular complexity index is 1300. The summed E-state index contributed by atoms with van der Waals surface area (Å²) in [6.45, 7) is 2.74. The molecular weight excluding hydrogens is 462 g/mol. The molecule has 2 heterocycles. The maximum atomic E-state index is 11.2. The molecule has 5 rings (SSSR count). The number of imidazole rings is 1. The maximum Gasteiger partial charge on any atom is 0.335 e. The van der Waals surface area contributed by atoms with Crippen LogP contribution in [0.1, 0.15) is 41.6 Å². The molecule has 4 aromatic rings. The highest BCUT2D eigenvalue weighted by molar-refractivity contribution is 6.30. The van der Waals surface area contributed by atoms with E-state index < -0.39 is 5.97 Å². The van der Waals surface area contributed by atoms with Crippen LogP contribution >= 0.6 is 11.6 Å². The number of rotatable bonds is 8. The van der Waals surface area contributed by atoms with E-state index in [1.165, 1.54) is 24.8 Å². The van der Waals surface area contributed by atoms with Crippen molar-refractivity contribution in [3.63, 3.8) is 0 Å². The largest absolute Gasteiger partial charge is 0.494 e. The van der Waals surface area contributed by atoms with Gasteiger partial charge in [-0.15, -0.1) is 0 Å². The van der Waals surface area contributed by atoms with Crippen molar-refractivity contribution in [2.45, 2.75) is 38.3 Å². The van der Waals surface area contributed by atoms with Crippen molar-refractivity contribution in [2.75, 3.05) is 13.2 Å². The van der Waals surface area contributed by atoms with Gasteiger partial charge in [-0.3, -0.25) is 4.90 Å². The number of carbonyl (C=O) groups is 1. The van der Waals surface area contributed by atoms with Gasteiger partial charge in [-0.2, -0.15) is 0 Å². The number of aromatic nitrogens is 2. The first-order valence-corrected chi connectivity index (χ1v) is 12.4. The van der Waals surface area contributed by atoms with Gasteiger partial charge in [0.05, 0.1) is 23.2 Å². The third-order valence-corrected chi connectivity index (χ3v) is 6.88. The zero-order valence-electron chi connectivity index (χ0n) is 19.4. The molecule has 3 aromatic carbocycles. The minimum absolute atomic E-state index is 0.237. The van der Waals surface area contributed by atoms with E-state index in [4.69, 9.17) is 16.3 Å². The van der Waals surface area contributed by atoms with Crippen molar-refractivity contribution >= 4 is 28.6 Å². The lowest BCUT2D eigenvalue weighted by atomic mass is 9.99. The Morgan fingerprint density at radius 1 is 1.09 bits per heavy atom. The fourth-order valence-corrected chi connectivity index (χ4v) is 4.85. The summed E-state index contributed by atoms with van der Waals surface area (Å²) < 4.78 is 6.07. The second-order valence-corrected chi connectivity index (χ2v) is 9.47. The van der Waals surface area contributed by atoms with E-state index in [-0.39, 0.29) is 5.56 Å². The van der Waals surface area contributed by atoms with E-state index in [9.17, 15) is 9.90 Å². The fraction of sp³-hybridized carbons (Fsp3) is 0.286. The Morgan fingerprint density at radius 2 is 1.89 bits per heavy atom. The Morgan fingerprint density at radius 3 is 2.66 bits per heavy atom. The van der Waals surface area contributed by atoms with Crippen molar-refractivity contribution in [3.8, 4) is 17.1 Å². The second-order valence-electron chi connectivity index (χ2n) is 9.03. The quantitative estimate of drug-likeness (QED) is 0.299. The number of hydrogen-bond donors (Lipinski definition) is 2. The Balaban J connectivity index is 1.18. The molecule has 7 heteroatoms. The summed E-state index contributed by atoms with van der Waals surface area (Å²) in [4.78, 5) is 21.6. The van der Waals surface area contributed by atoms with Gasteiger partial charge in [0, 0.05) is 23.2 Å². The molecule has 0 spiro atoms. The highest BCUT2D eigenvalue weighted by Crippen LogP contribution is 2.25. The van der Waals surface area contributed by atoms with E-state index in [0.29, 0.717) is 24.0 Å². The number of nitrogens with one attached hydrogen (secondary N) is 1. The summed E-state index contributed by atoms with van der Waals surface area (Å²) in [5.74, 6) is 0.582. The number of ether oxygens (including phenoxy) is 1. The lowest BCUT2D eigenvalue weighted by molar-refractivity contribution is 0.0697. The highest BCUT2D eigenvalue weighted by Gasteiger charge is 2.22. The number of carboxylic acids is 1. The van der Waals surface area contributed by atoms with Crippen LogP contribution in [0.3, 0.4) is 0 Å². The predicted octanol–water partition coefficient (Wildman–Crippen LogP) is 6.41. The molecule has 35 heavy (non-hydrogen) atoms. The first kappa shape index (κ1) is 23.4. The van der Waals surface area contributed by atoms with E-state index in [0.717, 1.165) is 41.4 Å². The van der Waals surface area contributed by atoms with Gasteiger partial charge in [0.15, 0.2) is 0 Å². The van der Waals surface area contributed by atoms with Crippen LogP contribution in [0.4, 0.5) is 0 Å². The standard InChI is InChI=1S/C28H28ClN3O3/c29-22-9-4-19(5-10-22)18-32-15-2-1-3-23(32)14-16-35-24-11-6-20(7-12-24)27-30-25-13-8-21(28(33)34)17-26(25)31-27/h4-13,17,23H,1-3,14-16,18H2,(H,30,31)(H,33,34). The summed E-state index contributed by atoms with van der Waals surface area (Å²) in [6.07, 6.45) is 4.70. The van der Waals surface area contributed by atoms with Crippen molar-refractivity contribution in [1.82, 2.24) is 14.9 Å². The molecule has 1 fully saturated rings. The lowest BCUT2D eigenvalue weighted by Crippen LogP contribution is -2.39. The number of nitrogens with zero attached hydrogens (tertiary/aromatic N) is 2. The molecule has 0 radical (unpaired) electrons. The molecule has 1 saturated heterocycles. The molecule has 2 N–H and O–H groups in total. The minimum atomic E-state index is -0.953. The van der Waals surface area contributed by atoms with Gasteiger partial charge >= 0.3 is 5.97 Å². The number of benzene rings is 3. The van der Waals surface area contributed by atoms with Crippen LogP contribution in [-0.4, -0.2) is 45.1 Å². The van der Waals surface area contributed by atoms with E-state index in [2.05, 4.69) is 27.0 Å². The zero-order chi connectivity index (χ0) is 24.2. The van der Waals surface area contributed by atoms with Crippen LogP contribution in [0.5, 0.6) is 5.75 Å². The topological polar surface area (TPSA) is 78.5 Å². The summed E-state index contributed by atoms with van der Waals surface area (Å²) in [7, 11) is 0. The van der Waals surface area contributed by atoms with Crippen molar-refractivity contribution in [2.24, 2.45) is 0 Å². The third kappa shape index (κ3) is 5.66. The maximum absolute atomic E-state index is 11.2. The Kier molecular flexibility index (Phi) is 7.02. The monoisotopic (exact) mass is 489 g/mol. The SMILES string of the molecule is O=C(O)c1ccc2nc(-c3ccc(OCCC4CCCCN4Cc4ccc(Cl)cc4)cc3)[nH]c2c1. The summed E-state index contributed by atoms with van der Waals surface area (Å²) in [6, 6.07) is 21.4. The van der Waals surface area contributed by atoms with Gasteiger partial charge in [0.25, 0.3) is 0 Å². The summed E-state index contributed by atoms with van der Waals surface area (Å²) in [5.41, 5.74) is 3.90. The fourth-order valence-electron chi connectivity index (χ4n) is 4.72. The van der Waals surface area contributed by atoms with Crippen LogP contribution in [0.2, 0.25) is 5.02 Å². The average Bonchev–Trinajstić information content (AvgIpc) is 3.30. The number of hydrogen-bond acceptors (Lipinski definition) is 4. The van der Waals surface area contributed by atoms with Gasteiger partial charge in [-0.05, 0) is 86.0 Å². The number of halogens is 1. The first-order chi connectivity index (χ1) is 17.0. The smallest absolute Gasteiger partial charge is 0.335 e. The van der Waals surface area contributed by atoms with Crippen molar-refractivity contribution < 1.29 is 14.6 Å². The van der Waals surface area contributed by atoms with Gasteiger partial charge < -0.3 is 14.8 Å². The number of likely N-dealkylation sites (tertiary alicyclic amines) is 1. The molecule has 1 aliphatic heterocycles. The number of piperidine rings is 1. The number of carboxylic acid groups (broad SMARTS) is 1. The van der Waals surface area contributed by atoms with Crippen LogP contribution in [0, 0.1) is 0 Å². The highest BCUT2D eigenvalue weighted by atomic mass is 35.5. The van der Waals surface area contributed by atoms with E-state index in [1.807, 2.05) is 36.4 Å². The molecule has 0 aliphatic carbocycles. The van der Waals surface area contributed by atoms with Crippen LogP contribution < -0.4 is 4.74 Å². The Labute approximate surface area is 209 Å². The van der Waals surface area contributed by atoms with Crippen LogP contribution in [-0.2, 0) is 6.54 Å². The van der Waals surface area contributed by atoms with Crippen LogP contribution in [0.15, 0.2) is 66.7 Å². The molecule has 0 amide bonds. The normalized spacial score (nSPS) is 16.4. The summed E-state index contributed by atoms with van der Waals surface area (Å²) in [5, 5.41) is 9.96. The van der Waals surface area contributed by atoms with Gasteiger partial charge in [-0.1, -0.05) is 30.2 Å². The predicted molar refractivity (Wildman–Crippen MR) is 138 cm³/mol. The molecule has 1 unspecified atom stereocenters. The van der Waals surface area contributed by atoms with Gasteiger partial charge in [0.2, 0.25) is 0 Å².